The Kier molecular flexibility index (Phi) is 2.93. The first-order valence-corrected chi connectivity index (χ1v) is 5.00. The fourth-order valence-corrected chi connectivity index (χ4v) is 1.55. The van der Waals surface area contributed by atoms with Gasteiger partial charge in [-0.25, -0.2) is 9.97 Å². The van der Waals surface area contributed by atoms with Crippen molar-refractivity contribution in [2.24, 2.45) is 0 Å². The van der Waals surface area contributed by atoms with Crippen LogP contribution in [0.4, 0.5) is 0 Å². The van der Waals surface area contributed by atoms with Crippen LogP contribution in [0.3, 0.4) is 0 Å². The predicted molar refractivity (Wildman–Crippen MR) is 53.3 cm³/mol. The van der Waals surface area contributed by atoms with Gasteiger partial charge in [0, 0.05) is 6.54 Å². The van der Waals surface area contributed by atoms with Gasteiger partial charge >= 0.3 is 0 Å². The van der Waals surface area contributed by atoms with E-state index in [1.54, 1.807) is 12.4 Å². The second-order valence-corrected chi connectivity index (χ2v) is 3.55. The first kappa shape index (κ1) is 9.40. The van der Waals surface area contributed by atoms with E-state index in [0.717, 1.165) is 31.1 Å². The number of nitrogens with zero attached hydrogens (tertiary/aromatic N) is 2. The van der Waals surface area contributed by atoms with Crippen molar-refractivity contribution in [3.05, 3.63) is 18.2 Å². The molecule has 14 heavy (non-hydrogen) atoms. The number of rotatable bonds is 2. The highest BCUT2D eigenvalue weighted by atomic mass is 16.5. The van der Waals surface area contributed by atoms with Crippen LogP contribution in [0.1, 0.15) is 18.7 Å². The smallest absolute Gasteiger partial charge is 0.156 e. The summed E-state index contributed by atoms with van der Waals surface area (Å²) in [6.45, 7) is 3.89. The van der Waals surface area contributed by atoms with Crippen LogP contribution in [-0.2, 0) is 0 Å². The van der Waals surface area contributed by atoms with Crippen LogP contribution in [0.2, 0.25) is 0 Å². The Morgan fingerprint density at radius 3 is 2.86 bits per heavy atom. The lowest BCUT2D eigenvalue weighted by Gasteiger charge is -2.23. The van der Waals surface area contributed by atoms with E-state index in [-0.39, 0.29) is 6.10 Å². The quantitative estimate of drug-likeness (QED) is 0.758. The summed E-state index contributed by atoms with van der Waals surface area (Å²) in [6.07, 6.45) is 6.03. The maximum atomic E-state index is 5.72. The van der Waals surface area contributed by atoms with Crippen molar-refractivity contribution >= 4 is 0 Å². The van der Waals surface area contributed by atoms with Crippen LogP contribution >= 0.6 is 0 Å². The van der Waals surface area contributed by atoms with Gasteiger partial charge in [0.2, 0.25) is 0 Å². The van der Waals surface area contributed by atoms with Crippen molar-refractivity contribution < 1.29 is 4.74 Å². The summed E-state index contributed by atoms with van der Waals surface area (Å²) >= 11 is 0. The monoisotopic (exact) mass is 193 g/mol. The van der Waals surface area contributed by atoms with E-state index in [9.17, 15) is 0 Å². The minimum absolute atomic E-state index is 0.273. The molecule has 1 aliphatic heterocycles. The molecule has 0 aliphatic carbocycles. The highest BCUT2D eigenvalue weighted by Crippen LogP contribution is 2.12. The number of hydrogen-bond acceptors (Lipinski definition) is 4. The summed E-state index contributed by atoms with van der Waals surface area (Å²) in [6, 6.07) is 0. The third-order valence-corrected chi connectivity index (χ3v) is 2.31. The summed E-state index contributed by atoms with van der Waals surface area (Å²) in [5.41, 5.74) is 0. The van der Waals surface area contributed by atoms with Crippen LogP contribution in [0.15, 0.2) is 12.4 Å². The van der Waals surface area contributed by atoms with Gasteiger partial charge < -0.3 is 10.1 Å². The van der Waals surface area contributed by atoms with Gasteiger partial charge in [0.15, 0.2) is 5.75 Å². The van der Waals surface area contributed by atoms with E-state index in [1.165, 1.54) is 6.42 Å². The van der Waals surface area contributed by atoms with Crippen molar-refractivity contribution in [3.63, 3.8) is 0 Å². The average molecular weight is 193 g/mol. The summed E-state index contributed by atoms with van der Waals surface area (Å²) in [4.78, 5) is 8.18. The van der Waals surface area contributed by atoms with Crippen LogP contribution in [0.25, 0.3) is 0 Å². The zero-order valence-electron chi connectivity index (χ0n) is 8.36. The minimum Gasteiger partial charge on any atom is -0.486 e. The zero-order valence-corrected chi connectivity index (χ0v) is 8.36. The van der Waals surface area contributed by atoms with Gasteiger partial charge in [-0.15, -0.1) is 0 Å². The maximum Gasteiger partial charge on any atom is 0.156 e. The zero-order chi connectivity index (χ0) is 9.80. The molecule has 0 saturated carbocycles. The normalized spacial score (nSPS) is 21.9. The van der Waals surface area contributed by atoms with E-state index in [0.29, 0.717) is 0 Å². The lowest BCUT2D eigenvalue weighted by atomic mass is 10.1. The number of aryl methyl sites for hydroxylation is 1. The summed E-state index contributed by atoms with van der Waals surface area (Å²) in [7, 11) is 0. The largest absolute Gasteiger partial charge is 0.486 e. The van der Waals surface area contributed by atoms with Gasteiger partial charge in [-0.2, -0.15) is 0 Å². The third-order valence-electron chi connectivity index (χ3n) is 2.31. The Morgan fingerprint density at radius 1 is 1.43 bits per heavy atom. The fraction of sp³-hybridized carbons (Fsp3) is 0.600. The number of piperidine rings is 1. The first-order chi connectivity index (χ1) is 6.84. The van der Waals surface area contributed by atoms with E-state index in [2.05, 4.69) is 15.3 Å². The second kappa shape index (κ2) is 4.37. The molecule has 0 spiro atoms. The van der Waals surface area contributed by atoms with Crippen LogP contribution < -0.4 is 10.1 Å². The Bertz CT molecular complexity index is 280. The molecular formula is C10H15N3O. The lowest BCUT2D eigenvalue weighted by molar-refractivity contribution is 0.166. The molecule has 1 aromatic rings. The number of nitrogens with one attached hydrogen (secondary N) is 1. The third kappa shape index (κ3) is 2.42. The van der Waals surface area contributed by atoms with Gasteiger partial charge in [-0.05, 0) is 26.3 Å². The molecule has 1 atom stereocenters. The summed E-state index contributed by atoms with van der Waals surface area (Å²) in [5.74, 6) is 1.54. The molecule has 4 nitrogen and oxygen atoms in total. The minimum atomic E-state index is 0.273. The molecule has 2 heterocycles. The molecule has 0 amide bonds. The number of hydrogen-bond donors (Lipinski definition) is 1. The van der Waals surface area contributed by atoms with Gasteiger partial charge in [0.1, 0.15) is 11.9 Å². The van der Waals surface area contributed by atoms with Crippen molar-refractivity contribution in [2.45, 2.75) is 25.9 Å². The van der Waals surface area contributed by atoms with Crippen molar-refractivity contribution in [1.29, 1.82) is 0 Å². The van der Waals surface area contributed by atoms with Crippen LogP contribution in [0.5, 0.6) is 5.75 Å². The first-order valence-electron chi connectivity index (χ1n) is 5.00. The maximum absolute atomic E-state index is 5.72. The molecule has 2 rings (SSSR count). The molecule has 4 heteroatoms. The lowest BCUT2D eigenvalue weighted by Crippen LogP contribution is -2.37. The topological polar surface area (TPSA) is 47.0 Å². The standard InChI is InChI=1S/C10H15N3O/c1-8-12-6-10(7-13-8)14-9-3-2-4-11-5-9/h6-7,9,11H,2-5H2,1H3. The van der Waals surface area contributed by atoms with Gasteiger partial charge in [-0.1, -0.05) is 0 Å². The molecule has 0 bridgehead atoms. The molecule has 1 saturated heterocycles. The fourth-order valence-electron chi connectivity index (χ4n) is 1.55. The molecule has 0 radical (unpaired) electrons. The van der Waals surface area contributed by atoms with E-state index in [4.69, 9.17) is 4.74 Å². The van der Waals surface area contributed by atoms with Crippen molar-refractivity contribution in [2.75, 3.05) is 13.1 Å². The van der Waals surface area contributed by atoms with Crippen molar-refractivity contribution in [3.8, 4) is 5.75 Å². The molecule has 1 aromatic heterocycles. The molecule has 76 valence electrons. The Labute approximate surface area is 83.7 Å². The SMILES string of the molecule is Cc1ncc(OC2CCCNC2)cn1. The van der Waals surface area contributed by atoms with Crippen LogP contribution in [0, 0.1) is 6.92 Å². The number of ether oxygens (including phenoxy) is 1. The molecule has 1 aliphatic rings. The average Bonchev–Trinajstić information content (AvgIpc) is 2.23. The highest BCUT2D eigenvalue weighted by molar-refractivity contribution is 5.12. The van der Waals surface area contributed by atoms with E-state index in [1.807, 2.05) is 6.92 Å². The van der Waals surface area contributed by atoms with Gasteiger partial charge in [0.25, 0.3) is 0 Å². The van der Waals surface area contributed by atoms with Crippen LogP contribution in [-0.4, -0.2) is 29.2 Å². The predicted octanol–water partition coefficient (Wildman–Crippen LogP) is 0.916. The Morgan fingerprint density at radius 2 is 2.21 bits per heavy atom. The van der Waals surface area contributed by atoms with Gasteiger partial charge in [0.05, 0.1) is 12.4 Å². The molecule has 1 unspecified atom stereocenters. The van der Waals surface area contributed by atoms with E-state index >= 15 is 0 Å². The highest BCUT2D eigenvalue weighted by Gasteiger charge is 2.14. The molecule has 1 fully saturated rings. The van der Waals surface area contributed by atoms with Crippen molar-refractivity contribution in [1.82, 2.24) is 15.3 Å². The Hall–Kier alpha value is -1.16. The van der Waals surface area contributed by atoms with E-state index < -0.39 is 0 Å². The molecular weight excluding hydrogens is 178 g/mol. The second-order valence-electron chi connectivity index (χ2n) is 3.55. The van der Waals surface area contributed by atoms with Gasteiger partial charge in [-0.3, -0.25) is 0 Å². The summed E-state index contributed by atoms with van der Waals surface area (Å²) < 4.78 is 5.72. The molecule has 1 N–H and O–H groups in total. The molecule has 0 aromatic carbocycles. The summed E-state index contributed by atoms with van der Waals surface area (Å²) in [5, 5.41) is 3.30. The number of aromatic nitrogens is 2. The Balaban J connectivity index is 1.92.